The van der Waals surface area contributed by atoms with Crippen molar-refractivity contribution in [2.75, 3.05) is 26.2 Å². The fourth-order valence-corrected chi connectivity index (χ4v) is 4.07. The van der Waals surface area contributed by atoms with Crippen molar-refractivity contribution in [3.8, 4) is 0 Å². The van der Waals surface area contributed by atoms with Gasteiger partial charge >= 0.3 is 0 Å². The van der Waals surface area contributed by atoms with Gasteiger partial charge in [-0.15, -0.1) is 11.3 Å². The Labute approximate surface area is 155 Å². The first-order chi connectivity index (χ1) is 11.4. The fraction of sp³-hybridized carbons (Fsp3) is 0.529. The number of thiazole rings is 1. The van der Waals surface area contributed by atoms with E-state index in [1.165, 1.54) is 0 Å². The molecule has 1 fully saturated rings. The number of carbonyl (C=O) groups is 1. The minimum Gasteiger partial charge on any atom is -0.340 e. The predicted octanol–water partition coefficient (Wildman–Crippen LogP) is 3.55. The minimum atomic E-state index is 0.124. The molecule has 0 N–H and O–H groups in total. The molecule has 3 heterocycles. The van der Waals surface area contributed by atoms with Crippen LogP contribution in [-0.2, 0) is 6.54 Å². The lowest BCUT2D eigenvalue weighted by molar-refractivity contribution is 0.0615. The smallest absolute Gasteiger partial charge is 0.270 e. The molecule has 0 aliphatic carbocycles. The van der Waals surface area contributed by atoms with Crippen molar-refractivity contribution in [3.05, 3.63) is 38.5 Å². The van der Waals surface area contributed by atoms with Crippen LogP contribution >= 0.6 is 27.3 Å². The first-order valence-corrected chi connectivity index (χ1v) is 9.91. The molecule has 130 valence electrons. The largest absolute Gasteiger partial charge is 0.340 e. The monoisotopic (exact) mass is 410 g/mol. The highest BCUT2D eigenvalue weighted by molar-refractivity contribution is 9.10. The summed E-state index contributed by atoms with van der Waals surface area (Å²) >= 11 is 5.18. The van der Waals surface area contributed by atoms with Crippen molar-refractivity contribution >= 4 is 33.2 Å². The van der Waals surface area contributed by atoms with E-state index in [2.05, 4.69) is 45.0 Å². The van der Waals surface area contributed by atoms with Gasteiger partial charge in [-0.25, -0.2) is 4.98 Å². The number of hydrogen-bond acceptors (Lipinski definition) is 4. The summed E-state index contributed by atoms with van der Waals surface area (Å²) in [6.45, 7) is 10.4. The van der Waals surface area contributed by atoms with Crippen LogP contribution in [0.4, 0.5) is 0 Å². The second kappa shape index (κ2) is 7.37. The van der Waals surface area contributed by atoms with Gasteiger partial charge in [-0.05, 0) is 42.8 Å². The van der Waals surface area contributed by atoms with Crippen molar-refractivity contribution in [1.29, 1.82) is 0 Å². The van der Waals surface area contributed by atoms with Gasteiger partial charge < -0.3 is 9.47 Å². The Morgan fingerprint density at radius 1 is 1.33 bits per heavy atom. The normalized spacial score (nSPS) is 16.1. The molecule has 1 amide bonds. The Balaban J connectivity index is 1.61. The quantitative estimate of drug-likeness (QED) is 0.773. The molecule has 0 unspecified atom stereocenters. The molecule has 0 atom stereocenters. The second-order valence-corrected chi connectivity index (χ2v) is 8.45. The molecule has 7 heteroatoms. The van der Waals surface area contributed by atoms with Crippen molar-refractivity contribution in [2.45, 2.75) is 33.4 Å². The van der Waals surface area contributed by atoms with Crippen LogP contribution in [0, 0.1) is 6.92 Å². The van der Waals surface area contributed by atoms with Gasteiger partial charge in [-0.2, -0.15) is 0 Å². The summed E-state index contributed by atoms with van der Waals surface area (Å²) in [5.41, 5.74) is 1.90. The maximum atomic E-state index is 12.9. The number of carbonyl (C=O) groups excluding carboxylic acids is 1. The van der Waals surface area contributed by atoms with Crippen molar-refractivity contribution in [3.63, 3.8) is 0 Å². The first-order valence-electron chi connectivity index (χ1n) is 8.24. The molecule has 1 aliphatic heterocycles. The number of halogens is 1. The highest BCUT2D eigenvalue weighted by atomic mass is 79.9. The summed E-state index contributed by atoms with van der Waals surface area (Å²) < 4.78 is 2.99. The lowest BCUT2D eigenvalue weighted by Gasteiger charge is -2.34. The molecule has 0 bridgehead atoms. The number of nitrogens with zero attached hydrogens (tertiary/aromatic N) is 4. The average molecular weight is 411 g/mol. The Hall–Kier alpha value is -1.18. The van der Waals surface area contributed by atoms with Gasteiger partial charge in [0.25, 0.3) is 5.91 Å². The molecule has 3 rings (SSSR count). The molecule has 2 aromatic rings. The molecule has 0 saturated carbocycles. The first kappa shape index (κ1) is 17.6. The van der Waals surface area contributed by atoms with E-state index in [1.54, 1.807) is 11.3 Å². The van der Waals surface area contributed by atoms with E-state index < -0.39 is 0 Å². The number of piperazine rings is 1. The van der Waals surface area contributed by atoms with Gasteiger partial charge in [-0.3, -0.25) is 9.69 Å². The molecule has 0 aromatic carbocycles. The van der Waals surface area contributed by atoms with Crippen LogP contribution in [0.1, 0.15) is 41.1 Å². The van der Waals surface area contributed by atoms with E-state index in [0.717, 1.165) is 53.6 Å². The lowest BCUT2D eigenvalue weighted by atomic mass is 10.2. The summed E-state index contributed by atoms with van der Waals surface area (Å²) in [5, 5.41) is 3.23. The third kappa shape index (κ3) is 3.90. The molecule has 0 spiro atoms. The fourth-order valence-electron chi connectivity index (χ4n) is 3.03. The van der Waals surface area contributed by atoms with E-state index >= 15 is 0 Å². The SMILES string of the molecule is Cc1nc(CN2CCN(C(=O)c3cc(Br)cn3C(C)C)CC2)cs1. The average Bonchev–Trinajstić information content (AvgIpc) is 3.13. The second-order valence-electron chi connectivity index (χ2n) is 6.47. The summed E-state index contributed by atoms with van der Waals surface area (Å²) in [4.78, 5) is 21.7. The van der Waals surface area contributed by atoms with Gasteiger partial charge in [-0.1, -0.05) is 0 Å². The summed E-state index contributed by atoms with van der Waals surface area (Å²) in [6.07, 6.45) is 1.98. The molecule has 1 aliphatic rings. The van der Waals surface area contributed by atoms with Crippen LogP contribution in [0.2, 0.25) is 0 Å². The number of rotatable bonds is 4. The van der Waals surface area contributed by atoms with E-state index in [4.69, 9.17) is 0 Å². The van der Waals surface area contributed by atoms with Crippen LogP contribution in [0.3, 0.4) is 0 Å². The van der Waals surface area contributed by atoms with Crippen molar-refractivity contribution in [2.24, 2.45) is 0 Å². The van der Waals surface area contributed by atoms with Crippen LogP contribution in [0.15, 0.2) is 22.1 Å². The lowest BCUT2D eigenvalue weighted by Crippen LogP contribution is -2.48. The molecular formula is C17H23BrN4OS. The van der Waals surface area contributed by atoms with E-state index in [0.29, 0.717) is 0 Å². The third-order valence-electron chi connectivity index (χ3n) is 4.30. The molecule has 24 heavy (non-hydrogen) atoms. The number of aromatic nitrogens is 2. The highest BCUT2D eigenvalue weighted by Crippen LogP contribution is 2.21. The standard InChI is InChI=1S/C17H23BrN4OS/c1-12(2)22-9-14(18)8-16(22)17(23)21-6-4-20(5-7-21)10-15-11-24-13(3)19-15/h8-9,11-12H,4-7,10H2,1-3H3. The van der Waals surface area contributed by atoms with Gasteiger partial charge in [0.05, 0.1) is 10.7 Å². The van der Waals surface area contributed by atoms with E-state index in [1.807, 2.05) is 28.7 Å². The summed E-state index contributed by atoms with van der Waals surface area (Å²) in [7, 11) is 0. The van der Waals surface area contributed by atoms with Crippen LogP contribution < -0.4 is 0 Å². The van der Waals surface area contributed by atoms with Crippen molar-refractivity contribution in [1.82, 2.24) is 19.4 Å². The highest BCUT2D eigenvalue weighted by Gasteiger charge is 2.25. The Kier molecular flexibility index (Phi) is 5.42. The molecular weight excluding hydrogens is 388 g/mol. The maximum absolute atomic E-state index is 12.9. The summed E-state index contributed by atoms with van der Waals surface area (Å²) in [6, 6.07) is 2.19. The number of aryl methyl sites for hydroxylation is 1. The molecule has 2 aromatic heterocycles. The zero-order valence-electron chi connectivity index (χ0n) is 14.3. The van der Waals surface area contributed by atoms with E-state index in [-0.39, 0.29) is 11.9 Å². The maximum Gasteiger partial charge on any atom is 0.270 e. The topological polar surface area (TPSA) is 41.4 Å². The van der Waals surface area contributed by atoms with Gasteiger partial charge in [0.15, 0.2) is 0 Å². The van der Waals surface area contributed by atoms with Gasteiger partial charge in [0.2, 0.25) is 0 Å². The van der Waals surface area contributed by atoms with Gasteiger partial charge in [0.1, 0.15) is 5.69 Å². The predicted molar refractivity (Wildman–Crippen MR) is 101 cm³/mol. The molecule has 5 nitrogen and oxygen atoms in total. The van der Waals surface area contributed by atoms with Gasteiger partial charge in [0, 0.05) is 54.8 Å². The van der Waals surface area contributed by atoms with Crippen LogP contribution in [0.25, 0.3) is 0 Å². The Morgan fingerprint density at radius 2 is 2.04 bits per heavy atom. The van der Waals surface area contributed by atoms with Crippen LogP contribution in [-0.4, -0.2) is 51.4 Å². The zero-order valence-corrected chi connectivity index (χ0v) is 16.7. The minimum absolute atomic E-state index is 0.124. The number of amides is 1. The summed E-state index contributed by atoms with van der Waals surface area (Å²) in [5.74, 6) is 0.124. The van der Waals surface area contributed by atoms with E-state index in [9.17, 15) is 4.79 Å². The van der Waals surface area contributed by atoms with Crippen molar-refractivity contribution < 1.29 is 4.79 Å². The third-order valence-corrected chi connectivity index (χ3v) is 5.56. The zero-order chi connectivity index (χ0) is 17.3. The Morgan fingerprint density at radius 3 is 2.62 bits per heavy atom. The molecule has 1 saturated heterocycles. The Bertz CT molecular complexity index is 716. The van der Waals surface area contributed by atoms with Crippen LogP contribution in [0.5, 0.6) is 0 Å². The molecule has 0 radical (unpaired) electrons. The number of hydrogen-bond donors (Lipinski definition) is 0.